The van der Waals surface area contributed by atoms with Gasteiger partial charge in [-0.3, -0.25) is 4.98 Å². The second-order valence-electron chi connectivity index (χ2n) is 5.58. The highest BCUT2D eigenvalue weighted by molar-refractivity contribution is 6.21. The van der Waals surface area contributed by atoms with Gasteiger partial charge in [-0.25, -0.2) is 0 Å². The number of pyridine rings is 1. The first-order valence-corrected chi connectivity index (χ1v) is 7.79. The smallest absolute Gasteiger partial charge is 0.145 e. The summed E-state index contributed by atoms with van der Waals surface area (Å²) < 4.78 is 6.28. The number of hydrogen-bond donors (Lipinski definition) is 0. The summed E-state index contributed by atoms with van der Waals surface area (Å²) in [4.78, 5) is 4.45. The number of alkyl halides is 1. The lowest BCUT2D eigenvalue weighted by Gasteiger charge is -2.52. The molecule has 2 atom stereocenters. The maximum Gasteiger partial charge on any atom is 0.145 e. The van der Waals surface area contributed by atoms with Crippen molar-refractivity contribution in [2.45, 2.75) is 44.6 Å². The molecule has 3 heteroatoms. The van der Waals surface area contributed by atoms with Crippen molar-refractivity contribution < 1.29 is 4.74 Å². The first-order valence-electron chi connectivity index (χ1n) is 7.35. The fourth-order valence-corrected chi connectivity index (χ4v) is 3.95. The molecule has 3 rings (SSSR count). The predicted octanol–water partition coefficient (Wildman–Crippen LogP) is 4.80. The van der Waals surface area contributed by atoms with E-state index in [1.54, 1.807) is 0 Å². The average molecular weight is 290 g/mol. The molecule has 1 aromatic heterocycles. The number of fused-ring (bicyclic) bond motifs is 1. The molecule has 0 spiro atoms. The Kier molecular flexibility index (Phi) is 3.59. The van der Waals surface area contributed by atoms with Crippen LogP contribution in [0.3, 0.4) is 0 Å². The summed E-state index contributed by atoms with van der Waals surface area (Å²) >= 11 is 6.46. The molecule has 0 aliphatic heterocycles. The lowest BCUT2D eigenvalue weighted by atomic mass is 9.62. The molecule has 1 heterocycles. The highest BCUT2D eigenvalue weighted by Crippen LogP contribution is 2.52. The molecule has 1 aliphatic rings. The minimum Gasteiger partial charge on any atom is -0.487 e. The van der Waals surface area contributed by atoms with Crippen LogP contribution in [0.2, 0.25) is 0 Å². The van der Waals surface area contributed by atoms with Crippen LogP contribution < -0.4 is 4.74 Å². The molecule has 1 saturated carbocycles. The Bertz CT molecular complexity index is 603. The Morgan fingerprint density at radius 1 is 1.25 bits per heavy atom. The number of aromatic nitrogens is 1. The fraction of sp³-hybridized carbons (Fsp3) is 0.471. The summed E-state index contributed by atoms with van der Waals surface area (Å²) in [7, 11) is 0. The molecule has 106 valence electrons. The predicted molar refractivity (Wildman–Crippen MR) is 83.4 cm³/mol. The van der Waals surface area contributed by atoms with Crippen molar-refractivity contribution in [1.29, 1.82) is 0 Å². The number of para-hydroxylation sites is 1. The first-order chi connectivity index (χ1) is 9.71. The molecule has 2 aromatic rings. The number of rotatable bonds is 4. The van der Waals surface area contributed by atoms with E-state index in [4.69, 9.17) is 16.3 Å². The van der Waals surface area contributed by atoms with Crippen LogP contribution >= 0.6 is 11.6 Å². The van der Waals surface area contributed by atoms with E-state index in [2.05, 4.69) is 31.0 Å². The van der Waals surface area contributed by atoms with Crippen molar-refractivity contribution in [2.24, 2.45) is 5.41 Å². The molecular weight excluding hydrogens is 270 g/mol. The molecule has 2 nitrogen and oxygen atoms in total. The molecule has 2 unspecified atom stereocenters. The van der Waals surface area contributed by atoms with Crippen LogP contribution in [-0.4, -0.2) is 16.5 Å². The minimum absolute atomic E-state index is 0.110. The van der Waals surface area contributed by atoms with Crippen LogP contribution in [0.25, 0.3) is 10.9 Å². The van der Waals surface area contributed by atoms with Gasteiger partial charge in [-0.05, 0) is 25.0 Å². The Hall–Kier alpha value is -1.28. The van der Waals surface area contributed by atoms with Gasteiger partial charge in [0.05, 0.1) is 0 Å². The highest BCUT2D eigenvalue weighted by Gasteiger charge is 2.53. The number of ether oxygens (including phenoxy) is 1. The fourth-order valence-electron chi connectivity index (χ4n) is 3.34. The third-order valence-corrected chi connectivity index (χ3v) is 5.48. The van der Waals surface area contributed by atoms with Gasteiger partial charge in [0.1, 0.15) is 17.4 Å². The monoisotopic (exact) mass is 289 g/mol. The van der Waals surface area contributed by atoms with Crippen LogP contribution in [0.5, 0.6) is 5.75 Å². The Morgan fingerprint density at radius 2 is 2.00 bits per heavy atom. The quantitative estimate of drug-likeness (QED) is 0.754. The second kappa shape index (κ2) is 5.25. The molecule has 0 radical (unpaired) electrons. The van der Waals surface area contributed by atoms with Gasteiger partial charge in [-0.1, -0.05) is 32.0 Å². The topological polar surface area (TPSA) is 22.1 Å². The summed E-state index contributed by atoms with van der Waals surface area (Å²) in [6, 6.07) is 10.1. The maximum atomic E-state index is 6.46. The highest BCUT2D eigenvalue weighted by atomic mass is 35.5. The summed E-state index contributed by atoms with van der Waals surface area (Å²) in [6.45, 7) is 4.41. The van der Waals surface area contributed by atoms with E-state index in [-0.39, 0.29) is 16.9 Å². The van der Waals surface area contributed by atoms with Gasteiger partial charge in [-0.15, -0.1) is 11.6 Å². The molecule has 0 amide bonds. The Morgan fingerprint density at radius 3 is 2.70 bits per heavy atom. The molecule has 1 aromatic carbocycles. The van der Waals surface area contributed by atoms with Crippen molar-refractivity contribution in [3.8, 4) is 5.75 Å². The zero-order valence-corrected chi connectivity index (χ0v) is 12.7. The number of benzene rings is 1. The number of halogens is 1. The van der Waals surface area contributed by atoms with E-state index in [1.165, 1.54) is 0 Å². The first kappa shape index (κ1) is 13.7. The number of nitrogens with zero attached hydrogens (tertiary/aromatic N) is 1. The lowest BCUT2D eigenvalue weighted by Crippen LogP contribution is -2.56. The number of hydrogen-bond acceptors (Lipinski definition) is 2. The van der Waals surface area contributed by atoms with Crippen molar-refractivity contribution in [2.75, 3.05) is 0 Å². The SMILES string of the molecule is CCC1(CC)C(Cl)CC1Oc1cccc2cccnc12. The Balaban J connectivity index is 1.91. The summed E-state index contributed by atoms with van der Waals surface area (Å²) in [6.07, 6.45) is 5.05. The van der Waals surface area contributed by atoms with Gasteiger partial charge >= 0.3 is 0 Å². The van der Waals surface area contributed by atoms with Crippen molar-refractivity contribution in [1.82, 2.24) is 4.98 Å². The van der Waals surface area contributed by atoms with Gasteiger partial charge in [0.15, 0.2) is 0 Å². The second-order valence-corrected chi connectivity index (χ2v) is 6.11. The largest absolute Gasteiger partial charge is 0.487 e. The molecule has 0 bridgehead atoms. The van der Waals surface area contributed by atoms with Crippen LogP contribution in [0.15, 0.2) is 36.5 Å². The van der Waals surface area contributed by atoms with Crippen molar-refractivity contribution >= 4 is 22.5 Å². The van der Waals surface area contributed by atoms with Gasteiger partial charge in [-0.2, -0.15) is 0 Å². The van der Waals surface area contributed by atoms with Crippen molar-refractivity contribution in [3.63, 3.8) is 0 Å². The molecular formula is C17H20ClNO. The minimum atomic E-state index is 0.110. The summed E-state index contributed by atoms with van der Waals surface area (Å²) in [5.74, 6) is 0.878. The average Bonchev–Trinajstić information content (AvgIpc) is 2.48. The third kappa shape index (κ3) is 1.98. The van der Waals surface area contributed by atoms with Crippen LogP contribution in [0.4, 0.5) is 0 Å². The maximum absolute atomic E-state index is 6.46. The normalized spacial score (nSPS) is 24.4. The van der Waals surface area contributed by atoms with Crippen LogP contribution in [0.1, 0.15) is 33.1 Å². The van der Waals surface area contributed by atoms with Crippen LogP contribution in [0, 0.1) is 5.41 Å². The van der Waals surface area contributed by atoms with E-state index in [0.29, 0.717) is 0 Å². The van der Waals surface area contributed by atoms with Crippen LogP contribution in [-0.2, 0) is 0 Å². The molecule has 1 aliphatic carbocycles. The Labute approximate surface area is 125 Å². The lowest BCUT2D eigenvalue weighted by molar-refractivity contribution is -0.0454. The molecule has 1 fully saturated rings. The van der Waals surface area contributed by atoms with Crippen molar-refractivity contribution in [3.05, 3.63) is 36.5 Å². The van der Waals surface area contributed by atoms with Gasteiger partial charge in [0.2, 0.25) is 0 Å². The van der Waals surface area contributed by atoms with E-state index in [0.717, 1.165) is 35.9 Å². The van der Waals surface area contributed by atoms with E-state index < -0.39 is 0 Å². The molecule has 20 heavy (non-hydrogen) atoms. The third-order valence-electron chi connectivity index (χ3n) is 4.87. The van der Waals surface area contributed by atoms with E-state index in [1.807, 2.05) is 24.4 Å². The zero-order valence-electron chi connectivity index (χ0n) is 12.0. The van der Waals surface area contributed by atoms with Gasteiger partial charge in [0.25, 0.3) is 0 Å². The van der Waals surface area contributed by atoms with Gasteiger partial charge in [0, 0.05) is 28.8 Å². The standard InChI is InChI=1S/C17H20ClNO/c1-3-17(4-2)14(18)11-15(17)20-13-9-5-7-12-8-6-10-19-16(12)13/h5-10,14-15H,3-4,11H2,1-2H3. The molecule has 0 saturated heterocycles. The summed E-state index contributed by atoms with van der Waals surface area (Å²) in [5.41, 5.74) is 1.05. The molecule has 0 N–H and O–H groups in total. The van der Waals surface area contributed by atoms with E-state index in [9.17, 15) is 0 Å². The van der Waals surface area contributed by atoms with E-state index >= 15 is 0 Å². The van der Waals surface area contributed by atoms with Gasteiger partial charge < -0.3 is 4.74 Å². The summed E-state index contributed by atoms with van der Waals surface area (Å²) in [5, 5.41) is 1.34. The zero-order chi connectivity index (χ0) is 14.2.